The van der Waals surface area contributed by atoms with Crippen molar-refractivity contribution < 1.29 is 9.53 Å². The summed E-state index contributed by atoms with van der Waals surface area (Å²) in [6.45, 7) is 8.00. The van der Waals surface area contributed by atoms with Gasteiger partial charge in [-0.25, -0.2) is 0 Å². The van der Waals surface area contributed by atoms with Crippen molar-refractivity contribution in [1.29, 1.82) is 0 Å². The van der Waals surface area contributed by atoms with Gasteiger partial charge in [0, 0.05) is 19.7 Å². The first kappa shape index (κ1) is 17.7. The van der Waals surface area contributed by atoms with Crippen LogP contribution in [0.1, 0.15) is 37.8 Å². The molecule has 1 rings (SSSR count). The summed E-state index contributed by atoms with van der Waals surface area (Å²) in [4.78, 5) is 13.9. The Labute approximate surface area is 128 Å². The van der Waals surface area contributed by atoms with Crippen molar-refractivity contribution in [3.05, 3.63) is 35.4 Å². The molecular weight excluding hydrogens is 264 g/mol. The minimum absolute atomic E-state index is 0.0286. The van der Waals surface area contributed by atoms with Crippen molar-refractivity contribution in [2.45, 2.75) is 39.3 Å². The fraction of sp³-hybridized carbons (Fsp3) is 0.588. The number of amides is 1. The van der Waals surface area contributed by atoms with Gasteiger partial charge in [-0.3, -0.25) is 9.69 Å². The van der Waals surface area contributed by atoms with Gasteiger partial charge in [0.25, 0.3) is 0 Å². The second-order valence-corrected chi connectivity index (χ2v) is 5.99. The van der Waals surface area contributed by atoms with Crippen molar-refractivity contribution in [2.24, 2.45) is 0 Å². The Morgan fingerprint density at radius 3 is 2.38 bits per heavy atom. The van der Waals surface area contributed by atoms with E-state index in [0.717, 1.165) is 6.54 Å². The molecule has 4 nitrogen and oxygen atoms in total. The maximum atomic E-state index is 11.9. The molecule has 0 saturated heterocycles. The fourth-order valence-electron chi connectivity index (χ4n) is 2.23. The molecule has 1 aromatic carbocycles. The van der Waals surface area contributed by atoms with E-state index < -0.39 is 0 Å². The van der Waals surface area contributed by atoms with Gasteiger partial charge in [0.05, 0.1) is 13.2 Å². The van der Waals surface area contributed by atoms with Crippen molar-refractivity contribution in [3.63, 3.8) is 0 Å². The van der Waals surface area contributed by atoms with E-state index in [4.69, 9.17) is 4.74 Å². The largest absolute Gasteiger partial charge is 0.383 e. The Morgan fingerprint density at radius 1 is 1.24 bits per heavy atom. The van der Waals surface area contributed by atoms with Gasteiger partial charge in [0.15, 0.2) is 0 Å². The highest BCUT2D eigenvalue weighted by molar-refractivity contribution is 5.78. The van der Waals surface area contributed by atoms with E-state index in [0.29, 0.717) is 19.1 Å². The third-order valence-corrected chi connectivity index (χ3v) is 3.34. The molecule has 0 spiro atoms. The van der Waals surface area contributed by atoms with E-state index in [9.17, 15) is 4.79 Å². The molecule has 0 aromatic heterocycles. The lowest BCUT2D eigenvalue weighted by Gasteiger charge is -2.19. The van der Waals surface area contributed by atoms with Crippen LogP contribution in [0.2, 0.25) is 0 Å². The lowest BCUT2D eigenvalue weighted by molar-refractivity contribution is -0.123. The van der Waals surface area contributed by atoms with Crippen LogP contribution in [-0.2, 0) is 16.1 Å². The molecular formula is C17H28N2O2. The van der Waals surface area contributed by atoms with Gasteiger partial charge in [-0.2, -0.15) is 0 Å². The number of ether oxygens (including phenoxy) is 1. The summed E-state index contributed by atoms with van der Waals surface area (Å²) in [7, 11) is 3.59. The van der Waals surface area contributed by atoms with Gasteiger partial charge < -0.3 is 10.1 Å². The average molecular weight is 292 g/mol. The summed E-state index contributed by atoms with van der Waals surface area (Å²) in [5, 5.41) is 2.92. The lowest BCUT2D eigenvalue weighted by atomic mass is 10.0. The quantitative estimate of drug-likeness (QED) is 0.800. The molecule has 1 N–H and O–H groups in total. The van der Waals surface area contributed by atoms with Crippen LogP contribution in [0.5, 0.6) is 0 Å². The maximum absolute atomic E-state index is 11.9. The minimum atomic E-state index is 0.0286. The van der Waals surface area contributed by atoms with Crippen LogP contribution in [0.15, 0.2) is 24.3 Å². The van der Waals surface area contributed by atoms with E-state index >= 15 is 0 Å². The molecule has 21 heavy (non-hydrogen) atoms. The van der Waals surface area contributed by atoms with Gasteiger partial charge in [-0.05, 0) is 31.0 Å². The molecule has 1 atom stereocenters. The zero-order valence-electron chi connectivity index (χ0n) is 13.8. The van der Waals surface area contributed by atoms with Gasteiger partial charge in [-0.1, -0.05) is 38.1 Å². The van der Waals surface area contributed by atoms with E-state index in [1.165, 1.54) is 11.1 Å². The molecule has 0 aliphatic carbocycles. The van der Waals surface area contributed by atoms with E-state index in [1.54, 1.807) is 7.11 Å². The number of hydrogen-bond acceptors (Lipinski definition) is 3. The lowest BCUT2D eigenvalue weighted by Crippen LogP contribution is -2.41. The van der Waals surface area contributed by atoms with Crippen molar-refractivity contribution in [1.82, 2.24) is 10.2 Å². The average Bonchev–Trinajstić information content (AvgIpc) is 2.38. The zero-order valence-corrected chi connectivity index (χ0v) is 13.8. The summed E-state index contributed by atoms with van der Waals surface area (Å²) in [5.41, 5.74) is 2.56. The Kier molecular flexibility index (Phi) is 7.40. The van der Waals surface area contributed by atoms with Crippen LogP contribution in [0, 0.1) is 0 Å². The first-order chi connectivity index (χ1) is 9.92. The van der Waals surface area contributed by atoms with Crippen LogP contribution in [-0.4, -0.2) is 44.2 Å². The monoisotopic (exact) mass is 292 g/mol. The number of carbonyl (C=O) groups is 1. The summed E-state index contributed by atoms with van der Waals surface area (Å²) in [6.07, 6.45) is 0. The summed E-state index contributed by atoms with van der Waals surface area (Å²) in [6, 6.07) is 8.64. The van der Waals surface area contributed by atoms with Gasteiger partial charge in [0.2, 0.25) is 5.91 Å². The fourth-order valence-corrected chi connectivity index (χ4v) is 2.23. The van der Waals surface area contributed by atoms with Crippen LogP contribution < -0.4 is 5.32 Å². The molecule has 0 fully saturated rings. The molecule has 0 heterocycles. The van der Waals surface area contributed by atoms with E-state index in [-0.39, 0.29) is 11.9 Å². The number of hydrogen-bond donors (Lipinski definition) is 1. The molecule has 0 saturated carbocycles. The summed E-state index contributed by atoms with van der Waals surface area (Å²) >= 11 is 0. The molecule has 118 valence electrons. The SMILES string of the molecule is COCC(C)NC(=O)CN(C)Cc1ccc(C(C)C)cc1. The van der Waals surface area contributed by atoms with E-state index in [2.05, 4.69) is 43.4 Å². The van der Waals surface area contributed by atoms with Gasteiger partial charge in [0.1, 0.15) is 0 Å². The Bertz CT molecular complexity index is 429. The van der Waals surface area contributed by atoms with Crippen LogP contribution in [0.25, 0.3) is 0 Å². The number of rotatable bonds is 8. The van der Waals surface area contributed by atoms with Crippen molar-refractivity contribution >= 4 is 5.91 Å². The minimum Gasteiger partial charge on any atom is -0.383 e. The predicted molar refractivity (Wildman–Crippen MR) is 86.3 cm³/mol. The number of methoxy groups -OCH3 is 1. The summed E-state index contributed by atoms with van der Waals surface area (Å²) in [5.74, 6) is 0.575. The highest BCUT2D eigenvalue weighted by atomic mass is 16.5. The second-order valence-electron chi connectivity index (χ2n) is 5.99. The predicted octanol–water partition coefficient (Wildman–Crippen LogP) is 2.39. The number of nitrogens with one attached hydrogen (secondary N) is 1. The second kappa shape index (κ2) is 8.80. The third kappa shape index (κ3) is 6.74. The Balaban J connectivity index is 2.42. The third-order valence-electron chi connectivity index (χ3n) is 3.34. The Morgan fingerprint density at radius 2 is 1.86 bits per heavy atom. The number of nitrogens with zero attached hydrogens (tertiary/aromatic N) is 1. The number of likely N-dealkylation sites (N-methyl/N-ethyl adjacent to an activating group) is 1. The molecule has 1 unspecified atom stereocenters. The van der Waals surface area contributed by atoms with Crippen molar-refractivity contribution in [3.8, 4) is 0 Å². The number of benzene rings is 1. The highest BCUT2D eigenvalue weighted by Crippen LogP contribution is 2.15. The maximum Gasteiger partial charge on any atom is 0.234 e. The van der Waals surface area contributed by atoms with Crippen LogP contribution in [0.3, 0.4) is 0 Å². The van der Waals surface area contributed by atoms with Crippen LogP contribution in [0.4, 0.5) is 0 Å². The first-order valence-corrected chi connectivity index (χ1v) is 7.48. The first-order valence-electron chi connectivity index (χ1n) is 7.48. The standard InChI is InChI=1S/C17H28N2O2/c1-13(2)16-8-6-15(7-9-16)10-19(4)11-17(20)18-14(3)12-21-5/h6-9,13-14H,10-12H2,1-5H3,(H,18,20). The topological polar surface area (TPSA) is 41.6 Å². The molecule has 0 radical (unpaired) electrons. The normalized spacial score (nSPS) is 12.7. The molecule has 1 amide bonds. The van der Waals surface area contributed by atoms with Gasteiger partial charge in [-0.15, -0.1) is 0 Å². The van der Waals surface area contributed by atoms with Crippen molar-refractivity contribution in [2.75, 3.05) is 27.3 Å². The Hall–Kier alpha value is -1.39. The zero-order chi connectivity index (χ0) is 15.8. The van der Waals surface area contributed by atoms with E-state index in [1.807, 2.05) is 18.9 Å². The van der Waals surface area contributed by atoms with Gasteiger partial charge >= 0.3 is 0 Å². The number of carbonyl (C=O) groups excluding carboxylic acids is 1. The molecule has 0 aliphatic rings. The van der Waals surface area contributed by atoms with Crippen LogP contribution >= 0.6 is 0 Å². The smallest absolute Gasteiger partial charge is 0.234 e. The molecule has 4 heteroatoms. The highest BCUT2D eigenvalue weighted by Gasteiger charge is 2.10. The summed E-state index contributed by atoms with van der Waals surface area (Å²) < 4.78 is 5.01. The molecule has 1 aromatic rings. The molecule has 0 bridgehead atoms. The molecule has 0 aliphatic heterocycles.